The van der Waals surface area contributed by atoms with E-state index in [-0.39, 0.29) is 11.9 Å². The lowest BCUT2D eigenvalue weighted by Crippen LogP contribution is -2.36. The molecule has 4 heteroatoms. The maximum atomic E-state index is 12.0. The van der Waals surface area contributed by atoms with Gasteiger partial charge in [-0.25, -0.2) is 4.79 Å². The Balaban J connectivity index is 3.12. The van der Waals surface area contributed by atoms with Gasteiger partial charge in [0.15, 0.2) is 0 Å². The van der Waals surface area contributed by atoms with Gasteiger partial charge in [-0.3, -0.25) is 4.79 Å². The molecule has 0 saturated carbocycles. The van der Waals surface area contributed by atoms with Crippen molar-refractivity contribution in [1.82, 2.24) is 0 Å². The van der Waals surface area contributed by atoms with E-state index in [2.05, 4.69) is 6.58 Å². The molecule has 0 bridgehead atoms. The third-order valence-corrected chi connectivity index (χ3v) is 3.71. The van der Waals surface area contributed by atoms with Crippen molar-refractivity contribution < 1.29 is 19.1 Å². The van der Waals surface area contributed by atoms with Gasteiger partial charge in [-0.1, -0.05) is 17.7 Å². The average Bonchev–Trinajstić information content (AvgIpc) is 2.36. The minimum absolute atomic E-state index is 0.279. The van der Waals surface area contributed by atoms with Crippen LogP contribution in [-0.4, -0.2) is 26.2 Å². The van der Waals surface area contributed by atoms with Crippen LogP contribution < -0.4 is 0 Å². The first-order valence-corrected chi connectivity index (χ1v) is 5.90. The number of rotatable bonds is 3. The summed E-state index contributed by atoms with van der Waals surface area (Å²) in [6.07, 6.45) is 1.52. The minimum Gasteiger partial charge on any atom is -0.468 e. The van der Waals surface area contributed by atoms with E-state index in [4.69, 9.17) is 9.47 Å². The van der Waals surface area contributed by atoms with Crippen molar-refractivity contribution in [2.24, 2.45) is 5.41 Å². The lowest BCUT2D eigenvalue weighted by Gasteiger charge is -2.36. The van der Waals surface area contributed by atoms with Crippen molar-refractivity contribution in [3.8, 4) is 0 Å². The van der Waals surface area contributed by atoms with Crippen LogP contribution in [0.25, 0.3) is 0 Å². The molecule has 1 atom stereocenters. The van der Waals surface area contributed by atoms with Gasteiger partial charge >= 0.3 is 11.9 Å². The fourth-order valence-electron chi connectivity index (χ4n) is 2.51. The first-order valence-electron chi connectivity index (χ1n) is 5.90. The second-order valence-electron chi connectivity index (χ2n) is 4.78. The van der Waals surface area contributed by atoms with Crippen LogP contribution in [0.4, 0.5) is 0 Å². The van der Waals surface area contributed by atoms with Crippen LogP contribution in [0.1, 0.15) is 33.1 Å². The molecule has 0 aromatic heterocycles. The van der Waals surface area contributed by atoms with Crippen molar-refractivity contribution in [2.45, 2.75) is 33.1 Å². The number of carbonyl (C=O) groups excluding carboxylic acids is 2. The normalized spacial score (nSPS) is 23.6. The Morgan fingerprint density at radius 2 is 1.89 bits per heavy atom. The lowest BCUT2D eigenvalue weighted by molar-refractivity contribution is -0.151. The van der Waals surface area contributed by atoms with Crippen LogP contribution in [0, 0.1) is 5.41 Å². The Labute approximate surface area is 108 Å². The van der Waals surface area contributed by atoms with E-state index >= 15 is 0 Å². The number of esters is 2. The van der Waals surface area contributed by atoms with E-state index in [0.717, 1.165) is 11.1 Å². The molecular weight excluding hydrogens is 232 g/mol. The number of hydrogen-bond donors (Lipinski definition) is 0. The van der Waals surface area contributed by atoms with Gasteiger partial charge in [0.25, 0.3) is 0 Å². The van der Waals surface area contributed by atoms with Gasteiger partial charge in [0.1, 0.15) is 0 Å². The molecule has 0 fully saturated rings. The van der Waals surface area contributed by atoms with E-state index in [9.17, 15) is 9.59 Å². The zero-order valence-corrected chi connectivity index (χ0v) is 11.5. The highest BCUT2D eigenvalue weighted by atomic mass is 16.5. The standard InChI is InChI=1S/C14H20O4/c1-9(2)14(13(16)18-5)7-6-11(10(3)8-14)12(15)17-4/h1,6-8H2,2-5H3. The van der Waals surface area contributed by atoms with Gasteiger partial charge in [0, 0.05) is 5.57 Å². The summed E-state index contributed by atoms with van der Waals surface area (Å²) in [4.78, 5) is 23.6. The predicted octanol–water partition coefficient (Wildman–Crippen LogP) is 2.40. The molecule has 0 N–H and O–H groups in total. The zero-order valence-electron chi connectivity index (χ0n) is 11.5. The molecule has 0 aromatic rings. The largest absolute Gasteiger partial charge is 0.468 e. The van der Waals surface area contributed by atoms with Crippen LogP contribution in [0.5, 0.6) is 0 Å². The van der Waals surface area contributed by atoms with Crippen molar-refractivity contribution in [3.05, 3.63) is 23.3 Å². The zero-order chi connectivity index (χ0) is 13.9. The average molecular weight is 252 g/mol. The Kier molecular flexibility index (Phi) is 4.33. The quantitative estimate of drug-likeness (QED) is 0.571. The van der Waals surface area contributed by atoms with Crippen LogP contribution in [0.2, 0.25) is 0 Å². The highest BCUT2D eigenvalue weighted by molar-refractivity contribution is 5.91. The van der Waals surface area contributed by atoms with Crippen molar-refractivity contribution in [1.29, 1.82) is 0 Å². The summed E-state index contributed by atoms with van der Waals surface area (Å²) in [6, 6.07) is 0. The highest BCUT2D eigenvalue weighted by Crippen LogP contribution is 2.45. The summed E-state index contributed by atoms with van der Waals surface area (Å²) in [7, 11) is 2.74. The molecular formula is C14H20O4. The summed E-state index contributed by atoms with van der Waals surface area (Å²) in [6.45, 7) is 7.58. The second kappa shape index (κ2) is 5.38. The Bertz CT molecular complexity index is 420. The maximum absolute atomic E-state index is 12.0. The number of carbonyl (C=O) groups is 2. The molecule has 0 aromatic carbocycles. The highest BCUT2D eigenvalue weighted by Gasteiger charge is 2.44. The van der Waals surface area contributed by atoms with Crippen molar-refractivity contribution in [2.75, 3.05) is 14.2 Å². The van der Waals surface area contributed by atoms with E-state index < -0.39 is 5.41 Å². The van der Waals surface area contributed by atoms with Crippen LogP contribution in [0.15, 0.2) is 23.3 Å². The molecule has 0 spiro atoms. The molecule has 1 aliphatic rings. The molecule has 1 rings (SSSR count). The number of ether oxygens (including phenoxy) is 2. The van der Waals surface area contributed by atoms with E-state index in [0.29, 0.717) is 24.8 Å². The number of methoxy groups -OCH3 is 2. The summed E-state index contributed by atoms with van der Waals surface area (Å²) in [5.74, 6) is -0.592. The maximum Gasteiger partial charge on any atom is 0.333 e. The molecule has 18 heavy (non-hydrogen) atoms. The van der Waals surface area contributed by atoms with Gasteiger partial charge in [0.05, 0.1) is 19.6 Å². The second-order valence-corrected chi connectivity index (χ2v) is 4.78. The van der Waals surface area contributed by atoms with Crippen LogP contribution in [0.3, 0.4) is 0 Å². The topological polar surface area (TPSA) is 52.6 Å². The lowest BCUT2D eigenvalue weighted by atomic mass is 9.68. The fraction of sp³-hybridized carbons (Fsp3) is 0.571. The number of allylic oxidation sites excluding steroid dienone is 1. The predicted molar refractivity (Wildman–Crippen MR) is 67.8 cm³/mol. The minimum atomic E-state index is -0.698. The first-order chi connectivity index (χ1) is 8.39. The Morgan fingerprint density at radius 3 is 2.28 bits per heavy atom. The van der Waals surface area contributed by atoms with Crippen LogP contribution >= 0.6 is 0 Å². The summed E-state index contributed by atoms with van der Waals surface area (Å²) in [5, 5.41) is 0. The van der Waals surface area contributed by atoms with Gasteiger partial charge in [0.2, 0.25) is 0 Å². The Morgan fingerprint density at radius 1 is 1.28 bits per heavy atom. The van der Waals surface area contributed by atoms with E-state index in [1.165, 1.54) is 14.2 Å². The molecule has 0 amide bonds. The molecule has 1 aliphatic carbocycles. The van der Waals surface area contributed by atoms with Crippen molar-refractivity contribution in [3.63, 3.8) is 0 Å². The molecule has 0 heterocycles. The Hall–Kier alpha value is -1.58. The van der Waals surface area contributed by atoms with E-state index in [1.54, 1.807) is 0 Å². The summed E-state index contributed by atoms with van der Waals surface area (Å²) >= 11 is 0. The molecule has 4 nitrogen and oxygen atoms in total. The first kappa shape index (κ1) is 14.5. The van der Waals surface area contributed by atoms with Gasteiger partial charge in [-0.05, 0) is 33.1 Å². The molecule has 1 unspecified atom stereocenters. The molecule has 100 valence electrons. The summed E-state index contributed by atoms with van der Waals surface area (Å²) in [5.41, 5.74) is 1.62. The fourth-order valence-corrected chi connectivity index (χ4v) is 2.51. The van der Waals surface area contributed by atoms with Gasteiger partial charge in [-0.15, -0.1) is 0 Å². The third-order valence-electron chi connectivity index (χ3n) is 3.71. The van der Waals surface area contributed by atoms with Crippen molar-refractivity contribution >= 4 is 11.9 Å². The molecule has 0 saturated heterocycles. The van der Waals surface area contributed by atoms with Gasteiger partial charge < -0.3 is 9.47 Å². The van der Waals surface area contributed by atoms with Gasteiger partial charge in [-0.2, -0.15) is 0 Å². The number of hydrogen-bond acceptors (Lipinski definition) is 4. The molecule has 0 aliphatic heterocycles. The third kappa shape index (κ3) is 2.33. The smallest absolute Gasteiger partial charge is 0.333 e. The SMILES string of the molecule is C=C(C)C1(C(=O)OC)CCC(C(=O)OC)=C(C)C1. The molecule has 0 radical (unpaired) electrons. The summed E-state index contributed by atoms with van der Waals surface area (Å²) < 4.78 is 9.63. The van der Waals surface area contributed by atoms with Crippen LogP contribution in [-0.2, 0) is 19.1 Å². The monoisotopic (exact) mass is 252 g/mol. The van der Waals surface area contributed by atoms with E-state index in [1.807, 2.05) is 13.8 Å².